The van der Waals surface area contributed by atoms with E-state index in [1.165, 1.54) is 0 Å². The van der Waals surface area contributed by atoms with Crippen LogP contribution in [0.2, 0.25) is 5.02 Å². The van der Waals surface area contributed by atoms with Crippen LogP contribution in [0.25, 0.3) is 5.69 Å². The van der Waals surface area contributed by atoms with Crippen LogP contribution in [0.4, 0.5) is 5.69 Å². The number of nitrogens with one attached hydrogen (secondary N) is 1. The van der Waals surface area contributed by atoms with Gasteiger partial charge in [0.25, 0.3) is 0 Å². The molecule has 1 atom stereocenters. The summed E-state index contributed by atoms with van der Waals surface area (Å²) in [6.07, 6.45) is 0. The van der Waals surface area contributed by atoms with Crippen LogP contribution in [-0.2, 0) is 0 Å². The van der Waals surface area contributed by atoms with E-state index in [0.717, 1.165) is 32.5 Å². The molecule has 0 saturated carbocycles. The van der Waals surface area contributed by atoms with Crippen LogP contribution >= 0.6 is 27.5 Å². The minimum Gasteiger partial charge on any atom is -0.371 e. The molecule has 0 spiro atoms. The molecule has 0 radical (unpaired) electrons. The first-order valence-corrected chi connectivity index (χ1v) is 10.3. The van der Waals surface area contributed by atoms with Crippen molar-refractivity contribution in [3.8, 4) is 5.69 Å². The molecule has 0 aliphatic rings. The van der Waals surface area contributed by atoms with Crippen molar-refractivity contribution in [2.45, 2.75) is 19.9 Å². The highest BCUT2D eigenvalue weighted by atomic mass is 79.9. The maximum absolute atomic E-state index is 6.56. The fraction of sp³-hybridized carbons (Fsp3) is 0.136. The monoisotopic (exact) mass is 467 g/mol. The third-order valence-corrected chi connectivity index (χ3v) is 5.65. The van der Waals surface area contributed by atoms with E-state index in [0.29, 0.717) is 10.8 Å². The molecule has 0 amide bonds. The second-order valence-corrected chi connectivity index (χ2v) is 8.12. The summed E-state index contributed by atoms with van der Waals surface area (Å²) in [6.45, 7) is 4.11. The maximum atomic E-state index is 6.56. The van der Waals surface area contributed by atoms with Crippen molar-refractivity contribution >= 4 is 33.2 Å². The Morgan fingerprint density at radius 3 is 2.31 bits per heavy atom. The Bertz CT molecular complexity index is 1120. The fourth-order valence-corrected chi connectivity index (χ4v) is 3.89. The van der Waals surface area contributed by atoms with Gasteiger partial charge in [-0.25, -0.2) is 0 Å². The Hall–Kier alpha value is -2.70. The number of anilines is 1. The summed E-state index contributed by atoms with van der Waals surface area (Å²) < 4.78 is 2.81. The van der Waals surface area contributed by atoms with Gasteiger partial charge in [-0.15, -0.1) is 5.10 Å². The lowest BCUT2D eigenvalue weighted by Crippen LogP contribution is -2.19. The number of rotatable bonds is 5. The van der Waals surface area contributed by atoms with Gasteiger partial charge in [0.1, 0.15) is 6.04 Å². The van der Waals surface area contributed by atoms with E-state index in [1.54, 1.807) is 4.68 Å². The molecule has 1 heterocycles. The van der Waals surface area contributed by atoms with Crippen LogP contribution in [0.15, 0.2) is 71.2 Å². The lowest BCUT2D eigenvalue weighted by molar-refractivity contribution is 0.731. The molecule has 5 nitrogen and oxygen atoms in total. The van der Waals surface area contributed by atoms with E-state index in [2.05, 4.69) is 62.8 Å². The normalized spacial score (nSPS) is 12.0. The molecule has 1 aromatic heterocycles. The summed E-state index contributed by atoms with van der Waals surface area (Å²) in [6, 6.07) is 21.5. The van der Waals surface area contributed by atoms with Crippen LogP contribution in [-0.4, -0.2) is 20.2 Å². The predicted molar refractivity (Wildman–Crippen MR) is 120 cm³/mol. The topological polar surface area (TPSA) is 55.6 Å². The number of halogens is 2. The zero-order chi connectivity index (χ0) is 20.4. The number of tetrazole rings is 1. The van der Waals surface area contributed by atoms with Crippen LogP contribution in [0.3, 0.4) is 0 Å². The second kappa shape index (κ2) is 8.35. The molecule has 0 aliphatic heterocycles. The van der Waals surface area contributed by atoms with Crippen molar-refractivity contribution < 1.29 is 0 Å². The Labute approximate surface area is 182 Å². The van der Waals surface area contributed by atoms with E-state index < -0.39 is 0 Å². The Morgan fingerprint density at radius 2 is 1.62 bits per heavy atom. The number of hydrogen-bond donors (Lipinski definition) is 1. The average molecular weight is 469 g/mol. The summed E-state index contributed by atoms with van der Waals surface area (Å²) in [4.78, 5) is 0. The van der Waals surface area contributed by atoms with Gasteiger partial charge in [0.15, 0.2) is 5.82 Å². The summed E-state index contributed by atoms with van der Waals surface area (Å²) in [5.41, 5.74) is 5.01. The minimum atomic E-state index is -0.334. The Kier molecular flexibility index (Phi) is 5.65. The van der Waals surface area contributed by atoms with Crippen LogP contribution in [0, 0.1) is 13.8 Å². The summed E-state index contributed by atoms with van der Waals surface area (Å²) >= 11 is 10.0. The molecule has 146 valence electrons. The van der Waals surface area contributed by atoms with Gasteiger partial charge < -0.3 is 5.32 Å². The van der Waals surface area contributed by atoms with Crippen LogP contribution in [0.1, 0.15) is 28.6 Å². The second-order valence-electron chi connectivity index (χ2n) is 6.80. The minimum absolute atomic E-state index is 0.334. The summed E-state index contributed by atoms with van der Waals surface area (Å²) in [5.74, 6) is 0.665. The largest absolute Gasteiger partial charge is 0.371 e. The fourth-order valence-electron chi connectivity index (χ4n) is 3.38. The van der Waals surface area contributed by atoms with E-state index >= 15 is 0 Å². The third-order valence-electron chi connectivity index (χ3n) is 4.77. The molecule has 0 aliphatic carbocycles. The smallest absolute Gasteiger partial charge is 0.183 e. The first-order chi connectivity index (χ1) is 14.0. The van der Waals surface area contributed by atoms with Crippen molar-refractivity contribution in [2.75, 3.05) is 5.32 Å². The number of aryl methyl sites for hydroxylation is 2. The molecule has 29 heavy (non-hydrogen) atoms. The molecular formula is C22H19BrClN5. The van der Waals surface area contributed by atoms with E-state index in [4.69, 9.17) is 11.6 Å². The maximum Gasteiger partial charge on any atom is 0.183 e. The Morgan fingerprint density at radius 1 is 0.931 bits per heavy atom. The Balaban J connectivity index is 1.86. The van der Waals surface area contributed by atoms with Gasteiger partial charge in [-0.3, -0.25) is 0 Å². The molecule has 4 rings (SSSR count). The molecule has 0 unspecified atom stereocenters. The van der Waals surface area contributed by atoms with Gasteiger partial charge in [0.2, 0.25) is 0 Å². The van der Waals surface area contributed by atoms with Gasteiger partial charge in [-0.05, 0) is 65.7 Å². The van der Waals surface area contributed by atoms with E-state index in [-0.39, 0.29) is 6.04 Å². The van der Waals surface area contributed by atoms with E-state index in [9.17, 15) is 0 Å². The molecule has 4 aromatic rings. The highest BCUT2D eigenvalue weighted by Crippen LogP contribution is 2.32. The average Bonchev–Trinajstić information content (AvgIpc) is 3.17. The van der Waals surface area contributed by atoms with Crippen molar-refractivity contribution in [2.24, 2.45) is 0 Å². The standard InChI is InChI=1S/C22H19BrClN5/c1-14-6-5-7-15(2)21(14)29-22(26-27-28-29)20(18-8-3-4-9-19(18)24)25-17-12-10-16(23)11-13-17/h3-13,20,25H,1-2H3/t20-/m0/s1. The number of benzene rings is 3. The van der Waals surface area contributed by atoms with Gasteiger partial charge in [-0.2, -0.15) is 4.68 Å². The SMILES string of the molecule is Cc1cccc(C)c1-n1nnnc1[C@@H](Nc1ccc(Br)cc1)c1ccccc1Cl. The highest BCUT2D eigenvalue weighted by molar-refractivity contribution is 9.10. The number of para-hydroxylation sites is 1. The quantitative estimate of drug-likeness (QED) is 0.396. The van der Waals surface area contributed by atoms with Gasteiger partial charge in [0, 0.05) is 20.7 Å². The molecular weight excluding hydrogens is 450 g/mol. The first-order valence-electron chi connectivity index (χ1n) is 9.16. The molecule has 3 aromatic carbocycles. The lowest BCUT2D eigenvalue weighted by atomic mass is 10.0. The first kappa shape index (κ1) is 19.6. The molecule has 7 heteroatoms. The summed E-state index contributed by atoms with van der Waals surface area (Å²) in [5, 5.41) is 16.9. The molecule has 0 fully saturated rings. The van der Waals surface area contributed by atoms with Gasteiger partial charge >= 0.3 is 0 Å². The molecule has 0 bridgehead atoms. The predicted octanol–water partition coefficient (Wildman–Crippen LogP) is 5.90. The summed E-state index contributed by atoms with van der Waals surface area (Å²) in [7, 11) is 0. The van der Waals surface area contributed by atoms with E-state index in [1.807, 2.05) is 54.6 Å². The number of hydrogen-bond acceptors (Lipinski definition) is 4. The van der Waals surface area contributed by atoms with Crippen molar-refractivity contribution in [3.63, 3.8) is 0 Å². The number of aromatic nitrogens is 4. The molecule has 0 saturated heterocycles. The third kappa shape index (κ3) is 4.04. The zero-order valence-electron chi connectivity index (χ0n) is 16.0. The van der Waals surface area contributed by atoms with Gasteiger partial charge in [0.05, 0.1) is 5.69 Å². The lowest BCUT2D eigenvalue weighted by Gasteiger charge is -2.22. The van der Waals surface area contributed by atoms with Gasteiger partial charge in [-0.1, -0.05) is 63.9 Å². The van der Waals surface area contributed by atoms with Crippen LogP contribution in [0.5, 0.6) is 0 Å². The zero-order valence-corrected chi connectivity index (χ0v) is 18.3. The molecule has 1 N–H and O–H groups in total. The van der Waals surface area contributed by atoms with Crippen molar-refractivity contribution in [3.05, 3.63) is 98.7 Å². The van der Waals surface area contributed by atoms with Crippen molar-refractivity contribution in [1.29, 1.82) is 0 Å². The highest BCUT2D eigenvalue weighted by Gasteiger charge is 2.25. The number of nitrogens with zero attached hydrogens (tertiary/aromatic N) is 4. The van der Waals surface area contributed by atoms with Crippen molar-refractivity contribution in [1.82, 2.24) is 20.2 Å². The van der Waals surface area contributed by atoms with Crippen LogP contribution < -0.4 is 5.32 Å².